The first-order chi connectivity index (χ1) is 9.13. The summed E-state index contributed by atoms with van der Waals surface area (Å²) in [5.74, 6) is 0.578. The van der Waals surface area contributed by atoms with Crippen molar-refractivity contribution in [2.24, 2.45) is 5.92 Å². The fourth-order valence-corrected chi connectivity index (χ4v) is 1.63. The van der Waals surface area contributed by atoms with E-state index in [1.807, 2.05) is 4.57 Å². The summed E-state index contributed by atoms with van der Waals surface area (Å²) in [6.07, 6.45) is 3.47. The standard InChI is InChI=1S/C13H24N4O2/c1-11(2)6-14-7-12-8-15-10-17(12)9-13(18)16-4-5-19-3/h8,10-11,14H,4-7,9H2,1-3H3,(H,16,18). The highest BCUT2D eigenvalue weighted by Crippen LogP contribution is 1.99. The molecule has 1 rings (SSSR count). The van der Waals surface area contributed by atoms with Crippen LogP contribution in [0.15, 0.2) is 12.5 Å². The van der Waals surface area contributed by atoms with Gasteiger partial charge in [-0.25, -0.2) is 4.98 Å². The van der Waals surface area contributed by atoms with Crippen LogP contribution < -0.4 is 10.6 Å². The van der Waals surface area contributed by atoms with Crippen LogP contribution in [0, 0.1) is 5.92 Å². The molecule has 0 radical (unpaired) electrons. The Morgan fingerprint density at radius 1 is 1.53 bits per heavy atom. The van der Waals surface area contributed by atoms with E-state index in [-0.39, 0.29) is 5.91 Å². The molecule has 6 nitrogen and oxygen atoms in total. The number of nitrogens with zero attached hydrogens (tertiary/aromatic N) is 2. The van der Waals surface area contributed by atoms with Crippen molar-refractivity contribution in [1.82, 2.24) is 20.2 Å². The Labute approximate surface area is 114 Å². The molecule has 0 saturated carbocycles. The van der Waals surface area contributed by atoms with Gasteiger partial charge in [0, 0.05) is 26.4 Å². The molecule has 6 heteroatoms. The van der Waals surface area contributed by atoms with Crippen LogP contribution in [-0.4, -0.2) is 42.3 Å². The third-order valence-electron chi connectivity index (χ3n) is 2.60. The van der Waals surface area contributed by atoms with Gasteiger partial charge in [0.25, 0.3) is 0 Å². The Hall–Kier alpha value is -1.40. The number of aromatic nitrogens is 2. The number of carbonyl (C=O) groups is 1. The quantitative estimate of drug-likeness (QED) is 0.636. The van der Waals surface area contributed by atoms with Gasteiger partial charge in [0.15, 0.2) is 0 Å². The van der Waals surface area contributed by atoms with Crippen molar-refractivity contribution < 1.29 is 9.53 Å². The third-order valence-corrected chi connectivity index (χ3v) is 2.60. The lowest BCUT2D eigenvalue weighted by Gasteiger charge is -2.10. The van der Waals surface area contributed by atoms with Crippen molar-refractivity contribution >= 4 is 5.91 Å². The number of rotatable bonds is 9. The predicted octanol–water partition coefficient (Wildman–Crippen LogP) is 0.391. The van der Waals surface area contributed by atoms with Gasteiger partial charge in [0.2, 0.25) is 5.91 Å². The summed E-state index contributed by atoms with van der Waals surface area (Å²) in [6, 6.07) is 0. The summed E-state index contributed by atoms with van der Waals surface area (Å²) in [7, 11) is 1.61. The number of carbonyl (C=O) groups excluding carboxylic acids is 1. The van der Waals surface area contributed by atoms with Gasteiger partial charge < -0.3 is 19.9 Å². The maximum atomic E-state index is 11.7. The van der Waals surface area contributed by atoms with E-state index in [1.54, 1.807) is 19.6 Å². The summed E-state index contributed by atoms with van der Waals surface area (Å²) in [5, 5.41) is 6.13. The fourth-order valence-electron chi connectivity index (χ4n) is 1.63. The molecule has 0 aromatic carbocycles. The molecule has 1 heterocycles. The Morgan fingerprint density at radius 3 is 3.00 bits per heavy atom. The van der Waals surface area contributed by atoms with Gasteiger partial charge in [-0.3, -0.25) is 4.79 Å². The van der Waals surface area contributed by atoms with Crippen molar-refractivity contribution in [2.45, 2.75) is 26.9 Å². The van der Waals surface area contributed by atoms with Crippen molar-refractivity contribution in [3.05, 3.63) is 18.2 Å². The Bertz CT molecular complexity index is 376. The Kier molecular flexibility index (Phi) is 7.14. The molecule has 0 spiro atoms. The van der Waals surface area contributed by atoms with Crippen LogP contribution in [-0.2, 0) is 22.6 Å². The number of hydrogen-bond donors (Lipinski definition) is 2. The van der Waals surface area contributed by atoms with E-state index in [0.717, 1.165) is 18.8 Å². The van der Waals surface area contributed by atoms with Crippen LogP contribution in [0.1, 0.15) is 19.5 Å². The molecule has 0 bridgehead atoms. The van der Waals surface area contributed by atoms with Gasteiger partial charge in [0.05, 0.1) is 18.6 Å². The van der Waals surface area contributed by atoms with E-state index in [2.05, 4.69) is 29.5 Å². The summed E-state index contributed by atoms with van der Waals surface area (Å²) >= 11 is 0. The monoisotopic (exact) mass is 268 g/mol. The normalized spacial score (nSPS) is 10.9. The molecule has 0 aliphatic rings. The number of ether oxygens (including phenoxy) is 1. The van der Waals surface area contributed by atoms with Gasteiger partial charge >= 0.3 is 0 Å². The highest BCUT2D eigenvalue weighted by molar-refractivity contribution is 5.75. The second-order valence-corrected chi connectivity index (χ2v) is 4.88. The lowest BCUT2D eigenvalue weighted by Crippen LogP contribution is -2.31. The minimum Gasteiger partial charge on any atom is -0.383 e. The summed E-state index contributed by atoms with van der Waals surface area (Å²) in [5.41, 5.74) is 1.02. The molecular weight excluding hydrogens is 244 g/mol. The highest BCUT2D eigenvalue weighted by Gasteiger charge is 2.06. The van der Waals surface area contributed by atoms with Crippen molar-refractivity contribution in [3.63, 3.8) is 0 Å². The smallest absolute Gasteiger partial charge is 0.240 e. The molecule has 2 N–H and O–H groups in total. The minimum atomic E-state index is -0.0276. The second-order valence-electron chi connectivity index (χ2n) is 4.88. The summed E-state index contributed by atoms with van der Waals surface area (Å²) in [6.45, 7) is 7.35. The Balaban J connectivity index is 2.37. The second kappa shape index (κ2) is 8.66. The summed E-state index contributed by atoms with van der Waals surface area (Å²) < 4.78 is 6.74. The molecule has 1 aromatic heterocycles. The fraction of sp³-hybridized carbons (Fsp3) is 0.692. The Morgan fingerprint density at radius 2 is 2.32 bits per heavy atom. The molecule has 0 fully saturated rings. The van der Waals surface area contributed by atoms with Gasteiger partial charge in [-0.05, 0) is 12.5 Å². The first-order valence-electron chi connectivity index (χ1n) is 6.58. The average molecular weight is 268 g/mol. The highest BCUT2D eigenvalue weighted by atomic mass is 16.5. The van der Waals surface area contributed by atoms with Crippen LogP contribution in [0.25, 0.3) is 0 Å². The van der Waals surface area contributed by atoms with Crippen LogP contribution >= 0.6 is 0 Å². The number of methoxy groups -OCH3 is 1. The van der Waals surface area contributed by atoms with Gasteiger partial charge in [-0.15, -0.1) is 0 Å². The zero-order chi connectivity index (χ0) is 14.1. The van der Waals surface area contributed by atoms with Crippen LogP contribution in [0.4, 0.5) is 0 Å². The number of nitrogens with one attached hydrogen (secondary N) is 2. The molecule has 19 heavy (non-hydrogen) atoms. The number of imidazole rings is 1. The molecule has 1 amide bonds. The van der Waals surface area contributed by atoms with Gasteiger partial charge in [-0.1, -0.05) is 13.8 Å². The lowest BCUT2D eigenvalue weighted by atomic mass is 10.2. The van der Waals surface area contributed by atoms with Crippen LogP contribution in [0.5, 0.6) is 0 Å². The first-order valence-corrected chi connectivity index (χ1v) is 6.58. The minimum absolute atomic E-state index is 0.0276. The first kappa shape index (κ1) is 15.7. The summed E-state index contributed by atoms with van der Waals surface area (Å²) in [4.78, 5) is 15.8. The average Bonchev–Trinajstić information content (AvgIpc) is 2.76. The number of amides is 1. The van der Waals surface area contributed by atoms with E-state index >= 15 is 0 Å². The van der Waals surface area contributed by atoms with Crippen LogP contribution in [0.3, 0.4) is 0 Å². The third kappa shape index (κ3) is 6.35. The molecule has 0 atom stereocenters. The maximum Gasteiger partial charge on any atom is 0.240 e. The van der Waals surface area contributed by atoms with E-state index in [0.29, 0.717) is 25.6 Å². The largest absolute Gasteiger partial charge is 0.383 e. The molecule has 0 saturated heterocycles. The van der Waals surface area contributed by atoms with Crippen LogP contribution in [0.2, 0.25) is 0 Å². The molecule has 1 aromatic rings. The molecule has 108 valence electrons. The van der Waals surface area contributed by atoms with Crippen molar-refractivity contribution in [1.29, 1.82) is 0 Å². The zero-order valence-corrected chi connectivity index (χ0v) is 12.0. The van der Waals surface area contributed by atoms with E-state index in [4.69, 9.17) is 4.74 Å². The van der Waals surface area contributed by atoms with E-state index < -0.39 is 0 Å². The molecule has 0 aliphatic carbocycles. The van der Waals surface area contributed by atoms with Gasteiger partial charge in [0.1, 0.15) is 6.54 Å². The SMILES string of the molecule is COCCNC(=O)Cn1cncc1CNCC(C)C. The zero-order valence-electron chi connectivity index (χ0n) is 12.0. The van der Waals surface area contributed by atoms with Gasteiger partial charge in [-0.2, -0.15) is 0 Å². The van der Waals surface area contributed by atoms with Crippen molar-refractivity contribution in [3.8, 4) is 0 Å². The lowest BCUT2D eigenvalue weighted by molar-refractivity contribution is -0.121. The topological polar surface area (TPSA) is 68.2 Å². The van der Waals surface area contributed by atoms with E-state index in [9.17, 15) is 4.79 Å². The molecular formula is C13H24N4O2. The molecule has 0 unspecified atom stereocenters. The molecule has 0 aliphatic heterocycles. The number of hydrogen-bond acceptors (Lipinski definition) is 4. The van der Waals surface area contributed by atoms with E-state index in [1.165, 1.54) is 0 Å². The predicted molar refractivity (Wildman–Crippen MR) is 73.7 cm³/mol. The van der Waals surface area contributed by atoms with Crippen molar-refractivity contribution in [2.75, 3.05) is 26.8 Å². The maximum absolute atomic E-state index is 11.7.